The Balaban J connectivity index is 1.79. The second kappa shape index (κ2) is 7.07. The summed E-state index contributed by atoms with van der Waals surface area (Å²) < 4.78 is 1.79. The Morgan fingerprint density at radius 3 is 2.62 bits per heavy atom. The fourth-order valence-corrected chi connectivity index (χ4v) is 2.43. The molecular formula is C17H23N3O. The Morgan fingerprint density at radius 1 is 1.29 bits per heavy atom. The number of amides is 1. The van der Waals surface area contributed by atoms with Gasteiger partial charge in [-0.2, -0.15) is 5.10 Å². The highest BCUT2D eigenvalue weighted by Gasteiger charge is 2.12. The molecule has 0 bridgehead atoms. The van der Waals surface area contributed by atoms with E-state index in [2.05, 4.69) is 17.2 Å². The molecule has 0 aliphatic rings. The van der Waals surface area contributed by atoms with E-state index in [1.807, 2.05) is 45.4 Å². The highest BCUT2D eigenvalue weighted by Crippen LogP contribution is 2.10. The van der Waals surface area contributed by atoms with Gasteiger partial charge in [0, 0.05) is 38.8 Å². The predicted molar refractivity (Wildman–Crippen MR) is 83.8 cm³/mol. The van der Waals surface area contributed by atoms with Crippen LogP contribution in [0.5, 0.6) is 0 Å². The van der Waals surface area contributed by atoms with Gasteiger partial charge in [-0.1, -0.05) is 30.3 Å². The fourth-order valence-electron chi connectivity index (χ4n) is 2.43. The van der Waals surface area contributed by atoms with E-state index in [1.54, 1.807) is 9.58 Å². The summed E-state index contributed by atoms with van der Waals surface area (Å²) in [7, 11) is 3.76. The smallest absolute Gasteiger partial charge is 0.222 e. The summed E-state index contributed by atoms with van der Waals surface area (Å²) in [4.78, 5) is 13.9. The molecule has 112 valence electrons. The molecule has 0 fully saturated rings. The molecule has 0 atom stereocenters. The molecule has 1 aromatic carbocycles. The molecule has 4 heteroatoms. The van der Waals surface area contributed by atoms with Crippen molar-refractivity contribution in [3.8, 4) is 0 Å². The lowest BCUT2D eigenvalue weighted by Crippen LogP contribution is -2.26. The average Bonchev–Trinajstić information content (AvgIpc) is 2.78. The lowest BCUT2D eigenvalue weighted by molar-refractivity contribution is -0.130. The molecule has 0 saturated carbocycles. The van der Waals surface area contributed by atoms with Crippen molar-refractivity contribution in [2.75, 3.05) is 7.05 Å². The van der Waals surface area contributed by atoms with E-state index in [4.69, 9.17) is 0 Å². The van der Waals surface area contributed by atoms with Crippen LogP contribution in [-0.4, -0.2) is 27.6 Å². The summed E-state index contributed by atoms with van der Waals surface area (Å²) in [6, 6.07) is 10.3. The molecule has 0 radical (unpaired) electrons. The molecule has 0 aliphatic heterocycles. The second-order valence-corrected chi connectivity index (χ2v) is 5.50. The van der Waals surface area contributed by atoms with E-state index in [1.165, 1.54) is 5.56 Å². The Morgan fingerprint density at radius 2 is 2.00 bits per heavy atom. The van der Waals surface area contributed by atoms with Crippen molar-refractivity contribution in [3.05, 3.63) is 53.3 Å². The minimum absolute atomic E-state index is 0.189. The molecule has 4 nitrogen and oxygen atoms in total. The molecule has 0 spiro atoms. The van der Waals surface area contributed by atoms with E-state index < -0.39 is 0 Å². The first-order valence-electron chi connectivity index (χ1n) is 7.33. The molecule has 1 amide bonds. The van der Waals surface area contributed by atoms with Crippen molar-refractivity contribution in [2.24, 2.45) is 7.05 Å². The molecule has 21 heavy (non-hydrogen) atoms. The minimum Gasteiger partial charge on any atom is -0.341 e. The Labute approximate surface area is 126 Å². The van der Waals surface area contributed by atoms with E-state index in [-0.39, 0.29) is 5.91 Å². The van der Waals surface area contributed by atoms with E-state index >= 15 is 0 Å². The zero-order chi connectivity index (χ0) is 15.2. The van der Waals surface area contributed by atoms with Crippen molar-refractivity contribution in [1.29, 1.82) is 0 Å². The number of nitrogens with zero attached hydrogens (tertiary/aromatic N) is 3. The number of carbonyl (C=O) groups is 1. The predicted octanol–water partition coefficient (Wildman–Crippen LogP) is 2.71. The van der Waals surface area contributed by atoms with Gasteiger partial charge in [0.15, 0.2) is 0 Å². The van der Waals surface area contributed by atoms with Crippen LogP contribution in [0.2, 0.25) is 0 Å². The Bertz CT molecular complexity index is 589. The molecule has 1 aromatic heterocycles. The van der Waals surface area contributed by atoms with Crippen LogP contribution in [0.25, 0.3) is 0 Å². The van der Waals surface area contributed by atoms with E-state index in [9.17, 15) is 4.79 Å². The SMILES string of the molecule is Cc1nn(C)cc1CN(C)C(=O)CCCc1ccccc1. The summed E-state index contributed by atoms with van der Waals surface area (Å²) in [6.45, 7) is 2.60. The van der Waals surface area contributed by atoms with Gasteiger partial charge in [-0.3, -0.25) is 9.48 Å². The molecule has 0 saturated heterocycles. The number of aromatic nitrogens is 2. The van der Waals surface area contributed by atoms with Gasteiger partial charge in [-0.25, -0.2) is 0 Å². The third-order valence-corrected chi connectivity index (χ3v) is 3.65. The van der Waals surface area contributed by atoms with Crippen molar-refractivity contribution in [1.82, 2.24) is 14.7 Å². The van der Waals surface area contributed by atoms with Crippen LogP contribution in [-0.2, 0) is 24.8 Å². The highest BCUT2D eigenvalue weighted by molar-refractivity contribution is 5.75. The zero-order valence-electron chi connectivity index (χ0n) is 13.0. The maximum absolute atomic E-state index is 12.2. The molecule has 0 aliphatic carbocycles. The minimum atomic E-state index is 0.189. The molecule has 0 unspecified atom stereocenters. The number of hydrogen-bond donors (Lipinski definition) is 0. The lowest BCUT2D eigenvalue weighted by Gasteiger charge is -2.16. The summed E-state index contributed by atoms with van der Waals surface area (Å²) in [5, 5.41) is 4.30. The maximum Gasteiger partial charge on any atom is 0.222 e. The van der Waals surface area contributed by atoms with Crippen molar-refractivity contribution in [2.45, 2.75) is 32.7 Å². The quantitative estimate of drug-likeness (QED) is 0.818. The standard InChI is InChI=1S/C17H23N3O/c1-14-16(13-20(3)18-14)12-19(2)17(21)11-7-10-15-8-5-4-6-9-15/h4-6,8-9,13H,7,10-12H2,1-3H3. The Kier molecular flexibility index (Phi) is 5.14. The van der Waals surface area contributed by atoms with Gasteiger partial charge in [0.1, 0.15) is 0 Å². The van der Waals surface area contributed by atoms with Gasteiger partial charge < -0.3 is 4.90 Å². The maximum atomic E-state index is 12.2. The summed E-state index contributed by atoms with van der Waals surface area (Å²) in [5.41, 5.74) is 3.38. The van der Waals surface area contributed by atoms with Crippen LogP contribution in [0.15, 0.2) is 36.5 Å². The van der Waals surface area contributed by atoms with Gasteiger partial charge in [0.2, 0.25) is 5.91 Å². The largest absolute Gasteiger partial charge is 0.341 e. The number of rotatable bonds is 6. The monoisotopic (exact) mass is 285 g/mol. The average molecular weight is 285 g/mol. The molecule has 2 aromatic rings. The van der Waals surface area contributed by atoms with Crippen LogP contribution in [0.1, 0.15) is 29.7 Å². The first kappa shape index (κ1) is 15.3. The van der Waals surface area contributed by atoms with Gasteiger partial charge in [0.05, 0.1) is 5.69 Å². The number of aryl methyl sites for hydroxylation is 3. The number of carbonyl (C=O) groups excluding carboxylic acids is 1. The fraction of sp³-hybridized carbons (Fsp3) is 0.412. The van der Waals surface area contributed by atoms with Crippen molar-refractivity contribution in [3.63, 3.8) is 0 Å². The van der Waals surface area contributed by atoms with Gasteiger partial charge in [-0.15, -0.1) is 0 Å². The molecule has 1 heterocycles. The molecular weight excluding hydrogens is 262 g/mol. The third-order valence-electron chi connectivity index (χ3n) is 3.65. The lowest BCUT2D eigenvalue weighted by atomic mass is 10.1. The first-order valence-corrected chi connectivity index (χ1v) is 7.33. The Hall–Kier alpha value is -2.10. The van der Waals surface area contributed by atoms with Gasteiger partial charge >= 0.3 is 0 Å². The highest BCUT2D eigenvalue weighted by atomic mass is 16.2. The van der Waals surface area contributed by atoms with Crippen LogP contribution in [0.4, 0.5) is 0 Å². The van der Waals surface area contributed by atoms with Gasteiger partial charge in [-0.05, 0) is 25.3 Å². The zero-order valence-corrected chi connectivity index (χ0v) is 13.0. The molecule has 2 rings (SSSR count). The number of benzene rings is 1. The van der Waals surface area contributed by atoms with Crippen LogP contribution in [0.3, 0.4) is 0 Å². The van der Waals surface area contributed by atoms with Crippen LogP contribution in [0, 0.1) is 6.92 Å². The summed E-state index contributed by atoms with van der Waals surface area (Å²) >= 11 is 0. The van der Waals surface area contributed by atoms with Crippen LogP contribution >= 0.6 is 0 Å². The van der Waals surface area contributed by atoms with Crippen molar-refractivity contribution >= 4 is 5.91 Å². The second-order valence-electron chi connectivity index (χ2n) is 5.50. The topological polar surface area (TPSA) is 38.1 Å². The number of hydrogen-bond acceptors (Lipinski definition) is 2. The van der Waals surface area contributed by atoms with Gasteiger partial charge in [0.25, 0.3) is 0 Å². The summed E-state index contributed by atoms with van der Waals surface area (Å²) in [5.74, 6) is 0.189. The normalized spacial score (nSPS) is 10.6. The van der Waals surface area contributed by atoms with Crippen molar-refractivity contribution < 1.29 is 4.79 Å². The molecule has 0 N–H and O–H groups in total. The first-order chi connectivity index (χ1) is 10.1. The third kappa shape index (κ3) is 4.45. The van der Waals surface area contributed by atoms with E-state index in [0.29, 0.717) is 13.0 Å². The van der Waals surface area contributed by atoms with Crippen LogP contribution < -0.4 is 0 Å². The summed E-state index contributed by atoms with van der Waals surface area (Å²) in [6.07, 6.45) is 4.40. The van der Waals surface area contributed by atoms with E-state index in [0.717, 1.165) is 24.1 Å².